The van der Waals surface area contributed by atoms with Gasteiger partial charge in [0.25, 0.3) is 0 Å². The van der Waals surface area contributed by atoms with Gasteiger partial charge < -0.3 is 29.3 Å². The molecule has 0 atom stereocenters. The summed E-state index contributed by atoms with van der Waals surface area (Å²) in [6.45, 7) is 5.84. The van der Waals surface area contributed by atoms with Crippen LogP contribution in [-0.4, -0.2) is 75.0 Å². The maximum Gasteiger partial charge on any atom is 0.409 e. The molecule has 10 heteroatoms. The Morgan fingerprint density at radius 3 is 2.69 bits per heavy atom. The highest BCUT2D eigenvalue weighted by Crippen LogP contribution is 2.29. The molecule has 0 radical (unpaired) electrons. The number of halogens is 2. The van der Waals surface area contributed by atoms with E-state index in [-0.39, 0.29) is 42.7 Å². The fourth-order valence-corrected chi connectivity index (χ4v) is 3.40. The van der Waals surface area contributed by atoms with Gasteiger partial charge in [-0.05, 0) is 31.0 Å². The van der Waals surface area contributed by atoms with E-state index in [4.69, 9.17) is 14.2 Å². The number of guanidine groups is 1. The first-order chi connectivity index (χ1) is 13.6. The van der Waals surface area contributed by atoms with Crippen LogP contribution in [-0.2, 0) is 22.5 Å². The molecule has 1 saturated heterocycles. The molecular weight excluding hydrogens is 494 g/mol. The fourth-order valence-electron chi connectivity index (χ4n) is 3.40. The highest BCUT2D eigenvalue weighted by Gasteiger charge is 2.24. The van der Waals surface area contributed by atoms with Crippen molar-refractivity contribution in [3.63, 3.8) is 0 Å². The molecule has 1 fully saturated rings. The monoisotopic (exact) mass is 522 g/mol. The third-order valence-corrected chi connectivity index (χ3v) is 4.75. The largest absolute Gasteiger partial charge is 0.467 e. The second kappa shape index (κ2) is 11.4. The molecule has 1 N–H and O–H groups in total. The van der Waals surface area contributed by atoms with Crippen LogP contribution >= 0.6 is 24.0 Å². The number of hydrogen-bond acceptors (Lipinski definition) is 5. The minimum atomic E-state index is -0.290. The van der Waals surface area contributed by atoms with Gasteiger partial charge >= 0.3 is 6.09 Å². The Bertz CT molecular complexity index is 726. The number of amides is 1. The molecule has 1 amide bonds. The molecule has 1 aromatic rings. The number of carbonyl (C=O) groups is 1. The number of fused-ring (bicyclic) bond motifs is 1. The number of rotatable bonds is 4. The maximum atomic E-state index is 13.8. The Labute approximate surface area is 187 Å². The van der Waals surface area contributed by atoms with Gasteiger partial charge in [0.15, 0.2) is 12.8 Å². The predicted molar refractivity (Wildman–Crippen MR) is 117 cm³/mol. The summed E-state index contributed by atoms with van der Waals surface area (Å²) >= 11 is 0. The summed E-state index contributed by atoms with van der Waals surface area (Å²) in [4.78, 5) is 19.9. The standard InChI is InChI=1S/C19H27FN4O4.HI/c1-3-27-19(25)24-8-6-23(7-9-24)18(21-2)22-5-4-14-10-16(20)11-15-12-26-13-28-17(14)15;/h10-11H,3-9,12-13H2,1-2H3,(H,21,22);1H. The molecule has 2 aliphatic rings. The van der Waals surface area contributed by atoms with Crippen molar-refractivity contribution in [2.24, 2.45) is 4.99 Å². The van der Waals surface area contributed by atoms with Gasteiger partial charge in [0.05, 0.1) is 13.2 Å². The van der Waals surface area contributed by atoms with E-state index in [1.807, 2.05) is 0 Å². The van der Waals surface area contributed by atoms with Gasteiger partial charge in [-0.15, -0.1) is 24.0 Å². The van der Waals surface area contributed by atoms with Crippen LogP contribution in [0.5, 0.6) is 5.75 Å². The lowest BCUT2D eigenvalue weighted by Crippen LogP contribution is -2.54. The summed E-state index contributed by atoms with van der Waals surface area (Å²) in [7, 11) is 1.73. The van der Waals surface area contributed by atoms with Gasteiger partial charge in [0.1, 0.15) is 11.6 Å². The first-order valence-electron chi connectivity index (χ1n) is 9.51. The van der Waals surface area contributed by atoms with Gasteiger partial charge in [0, 0.05) is 45.3 Å². The van der Waals surface area contributed by atoms with Gasteiger partial charge in [-0.2, -0.15) is 0 Å². The van der Waals surface area contributed by atoms with Gasteiger partial charge in [-0.1, -0.05) is 0 Å². The van der Waals surface area contributed by atoms with Crippen LogP contribution in [0.2, 0.25) is 0 Å². The summed E-state index contributed by atoms with van der Waals surface area (Å²) in [5.74, 6) is 1.19. The van der Waals surface area contributed by atoms with Crippen LogP contribution in [0.4, 0.5) is 9.18 Å². The van der Waals surface area contributed by atoms with Crippen molar-refractivity contribution >= 4 is 36.0 Å². The molecular formula is C19H28FIN4O4. The Balaban J connectivity index is 0.00000300. The summed E-state index contributed by atoms with van der Waals surface area (Å²) in [6, 6.07) is 2.96. The lowest BCUT2D eigenvalue weighted by atomic mass is 10.1. The Kier molecular flexibility index (Phi) is 9.21. The molecule has 162 valence electrons. The Morgan fingerprint density at radius 1 is 1.28 bits per heavy atom. The molecule has 0 unspecified atom stereocenters. The van der Waals surface area contributed by atoms with Gasteiger partial charge in [-0.3, -0.25) is 4.99 Å². The van der Waals surface area contributed by atoms with Crippen molar-refractivity contribution in [1.29, 1.82) is 0 Å². The molecule has 2 aliphatic heterocycles. The highest BCUT2D eigenvalue weighted by atomic mass is 127. The van der Waals surface area contributed by atoms with Crippen molar-refractivity contribution in [3.8, 4) is 5.75 Å². The van der Waals surface area contributed by atoms with Crippen LogP contribution < -0.4 is 10.1 Å². The number of ether oxygens (including phenoxy) is 3. The molecule has 0 saturated carbocycles. The van der Waals surface area contributed by atoms with Crippen LogP contribution in [0, 0.1) is 5.82 Å². The van der Waals surface area contributed by atoms with Crippen LogP contribution in [0.25, 0.3) is 0 Å². The van der Waals surface area contributed by atoms with Gasteiger partial charge in [0.2, 0.25) is 0 Å². The van der Waals surface area contributed by atoms with Crippen molar-refractivity contribution in [3.05, 3.63) is 29.1 Å². The molecule has 1 aromatic carbocycles. The summed E-state index contributed by atoms with van der Waals surface area (Å²) in [5.41, 5.74) is 1.55. The first kappa shape index (κ1) is 23.5. The maximum absolute atomic E-state index is 13.8. The first-order valence-corrected chi connectivity index (χ1v) is 9.51. The number of hydrogen-bond donors (Lipinski definition) is 1. The van der Waals surface area contributed by atoms with E-state index in [2.05, 4.69) is 15.2 Å². The van der Waals surface area contributed by atoms with E-state index in [9.17, 15) is 9.18 Å². The van der Waals surface area contributed by atoms with Crippen molar-refractivity contribution < 1.29 is 23.4 Å². The third-order valence-electron chi connectivity index (χ3n) is 4.75. The van der Waals surface area contributed by atoms with E-state index in [0.29, 0.717) is 58.1 Å². The van der Waals surface area contributed by atoms with Crippen LogP contribution in [0.15, 0.2) is 17.1 Å². The zero-order chi connectivity index (χ0) is 19.9. The third kappa shape index (κ3) is 6.08. The number of piperazine rings is 1. The summed E-state index contributed by atoms with van der Waals surface area (Å²) in [6.07, 6.45) is 0.326. The second-order valence-electron chi connectivity index (χ2n) is 6.56. The zero-order valence-electron chi connectivity index (χ0n) is 16.8. The van der Waals surface area contributed by atoms with Crippen LogP contribution in [0.3, 0.4) is 0 Å². The van der Waals surface area contributed by atoms with Crippen molar-refractivity contribution in [2.45, 2.75) is 20.0 Å². The quantitative estimate of drug-likeness (QED) is 0.372. The van der Waals surface area contributed by atoms with E-state index in [1.54, 1.807) is 18.9 Å². The van der Waals surface area contributed by atoms with E-state index >= 15 is 0 Å². The number of benzene rings is 1. The lowest BCUT2D eigenvalue weighted by Gasteiger charge is -2.35. The Morgan fingerprint density at radius 2 is 2.00 bits per heavy atom. The van der Waals surface area contributed by atoms with Crippen molar-refractivity contribution in [2.75, 3.05) is 53.2 Å². The number of carbonyl (C=O) groups excluding carboxylic acids is 1. The number of nitrogens with zero attached hydrogens (tertiary/aromatic N) is 3. The summed E-state index contributed by atoms with van der Waals surface area (Å²) in [5, 5.41) is 3.32. The lowest BCUT2D eigenvalue weighted by molar-refractivity contribution is -0.0172. The van der Waals surface area contributed by atoms with E-state index in [0.717, 1.165) is 17.1 Å². The topological polar surface area (TPSA) is 75.6 Å². The zero-order valence-corrected chi connectivity index (χ0v) is 19.1. The van der Waals surface area contributed by atoms with E-state index < -0.39 is 0 Å². The fraction of sp³-hybridized carbons (Fsp3) is 0.579. The Hall–Kier alpha value is -1.82. The average Bonchev–Trinajstić information content (AvgIpc) is 2.71. The van der Waals surface area contributed by atoms with E-state index in [1.165, 1.54) is 12.1 Å². The molecule has 3 rings (SSSR count). The molecule has 29 heavy (non-hydrogen) atoms. The molecule has 0 aliphatic carbocycles. The number of nitrogens with one attached hydrogen (secondary N) is 1. The average molecular weight is 522 g/mol. The van der Waals surface area contributed by atoms with Crippen LogP contribution in [0.1, 0.15) is 18.1 Å². The predicted octanol–water partition coefficient (Wildman–Crippen LogP) is 2.20. The molecule has 2 heterocycles. The van der Waals surface area contributed by atoms with Crippen molar-refractivity contribution in [1.82, 2.24) is 15.1 Å². The molecule has 0 aromatic heterocycles. The summed E-state index contributed by atoms with van der Waals surface area (Å²) < 4.78 is 29.7. The minimum absolute atomic E-state index is 0. The molecule has 0 spiro atoms. The molecule has 8 nitrogen and oxygen atoms in total. The normalized spacial score (nSPS) is 16.4. The highest BCUT2D eigenvalue weighted by molar-refractivity contribution is 14.0. The minimum Gasteiger partial charge on any atom is -0.467 e. The molecule has 0 bridgehead atoms. The number of aliphatic imine (C=N–C) groups is 1. The van der Waals surface area contributed by atoms with Gasteiger partial charge in [-0.25, -0.2) is 9.18 Å². The smallest absolute Gasteiger partial charge is 0.409 e. The second-order valence-corrected chi connectivity index (χ2v) is 6.56. The SMILES string of the molecule is CCOC(=O)N1CCN(C(=NC)NCCc2cc(F)cc3c2OCOC3)CC1.I.